The van der Waals surface area contributed by atoms with Gasteiger partial charge >= 0.3 is 6.09 Å². The van der Waals surface area contributed by atoms with Crippen molar-refractivity contribution in [1.82, 2.24) is 20.1 Å². The van der Waals surface area contributed by atoms with Crippen molar-refractivity contribution in [2.24, 2.45) is 7.05 Å². The lowest BCUT2D eigenvalue weighted by Crippen LogP contribution is -2.31. The molecule has 0 unspecified atom stereocenters. The van der Waals surface area contributed by atoms with Gasteiger partial charge in [-0.1, -0.05) is 24.3 Å². The number of rotatable bonds is 4. The summed E-state index contributed by atoms with van der Waals surface area (Å²) in [5.41, 5.74) is 2.32. The number of amides is 2. The summed E-state index contributed by atoms with van der Waals surface area (Å²) in [7, 11) is 1.73. The molecule has 0 fully saturated rings. The average Bonchev–Trinajstić information content (AvgIpc) is 3.27. The van der Waals surface area contributed by atoms with Crippen LogP contribution in [0.1, 0.15) is 34.5 Å². The molecule has 2 N–H and O–H groups in total. The van der Waals surface area contributed by atoms with Crippen LogP contribution in [0.4, 0.5) is 25.1 Å². The van der Waals surface area contributed by atoms with E-state index in [1.165, 1.54) is 12.1 Å². The van der Waals surface area contributed by atoms with Gasteiger partial charge in [0.05, 0.1) is 6.20 Å². The van der Waals surface area contributed by atoms with Crippen LogP contribution in [0.3, 0.4) is 0 Å². The molecule has 2 amide bonds. The van der Waals surface area contributed by atoms with Crippen molar-refractivity contribution >= 4 is 34.3 Å². The number of carbonyl (C=O) groups is 2. The minimum Gasteiger partial charge on any atom is -0.465 e. The van der Waals surface area contributed by atoms with E-state index in [1.807, 2.05) is 22.3 Å². The molecule has 0 radical (unpaired) electrons. The molecular weight excluding hydrogens is 456 g/mol. The summed E-state index contributed by atoms with van der Waals surface area (Å²) in [6, 6.07) is 12.0. The Balaban J connectivity index is 1.69. The summed E-state index contributed by atoms with van der Waals surface area (Å²) in [4.78, 5) is 29.8. The molecule has 1 aliphatic rings. The Kier molecular flexibility index (Phi) is 5.64. The number of hydrogen-bond acceptors (Lipinski definition) is 5. The van der Waals surface area contributed by atoms with Crippen LogP contribution < -0.4 is 10.2 Å². The SMILES string of the molecule is Cn1cc(-c2cc3c(cc2C(F)F)N(c2nc(C(=O)NC(=O)O)cc4ccccc24)CCC3)cn1. The van der Waals surface area contributed by atoms with Crippen LogP contribution in [-0.4, -0.2) is 38.4 Å². The van der Waals surface area contributed by atoms with Crippen molar-refractivity contribution in [2.75, 3.05) is 11.4 Å². The maximum Gasteiger partial charge on any atom is 0.411 e. The molecule has 1 aliphatic heterocycles. The summed E-state index contributed by atoms with van der Waals surface area (Å²) in [5, 5.41) is 16.3. The van der Waals surface area contributed by atoms with Crippen molar-refractivity contribution < 1.29 is 23.5 Å². The number of nitrogens with zero attached hydrogens (tertiary/aromatic N) is 4. The van der Waals surface area contributed by atoms with Crippen LogP contribution in [0.5, 0.6) is 0 Å². The van der Waals surface area contributed by atoms with Gasteiger partial charge in [0.15, 0.2) is 0 Å². The molecule has 0 aliphatic carbocycles. The molecule has 0 bridgehead atoms. The molecule has 0 saturated heterocycles. The summed E-state index contributed by atoms with van der Waals surface area (Å²) >= 11 is 0. The number of benzene rings is 2. The van der Waals surface area contributed by atoms with Crippen LogP contribution >= 0.6 is 0 Å². The fourth-order valence-corrected chi connectivity index (χ4v) is 4.52. The fraction of sp³-hybridized carbons (Fsp3) is 0.200. The van der Waals surface area contributed by atoms with Gasteiger partial charge in [0.25, 0.3) is 12.3 Å². The van der Waals surface area contributed by atoms with Gasteiger partial charge in [-0.25, -0.2) is 18.6 Å². The Morgan fingerprint density at radius 1 is 1.17 bits per heavy atom. The molecular formula is C25H21F2N5O3. The second-order valence-electron chi connectivity index (χ2n) is 8.34. The minimum absolute atomic E-state index is 0.0747. The van der Waals surface area contributed by atoms with E-state index in [0.717, 1.165) is 17.4 Å². The zero-order chi connectivity index (χ0) is 24.7. The van der Waals surface area contributed by atoms with Gasteiger partial charge in [-0.3, -0.25) is 14.8 Å². The standard InChI is InChI=1S/C25H21F2N5O3/c1-31-13-16(12-28-31)18-9-15-6-4-8-32(21(15)11-19(18)22(26)27)23-17-7-3-2-5-14(17)10-20(29-23)24(33)30-25(34)35/h2-3,5,7,9-13,22H,4,6,8H2,1H3,(H,30,33)(H,34,35). The number of fused-ring (bicyclic) bond motifs is 2. The highest BCUT2D eigenvalue weighted by atomic mass is 19.3. The predicted octanol–water partition coefficient (Wildman–Crippen LogP) is 5.07. The van der Waals surface area contributed by atoms with Crippen LogP contribution in [0.2, 0.25) is 0 Å². The Labute approximate surface area is 198 Å². The van der Waals surface area contributed by atoms with E-state index in [9.17, 15) is 18.4 Å². The van der Waals surface area contributed by atoms with E-state index in [1.54, 1.807) is 42.3 Å². The Morgan fingerprint density at radius 3 is 2.69 bits per heavy atom. The number of imide groups is 1. The number of halogens is 2. The molecule has 4 aromatic rings. The van der Waals surface area contributed by atoms with Crippen molar-refractivity contribution in [3.8, 4) is 11.1 Å². The summed E-state index contributed by atoms with van der Waals surface area (Å²) < 4.78 is 30.0. The number of carboxylic acid groups (broad SMARTS) is 1. The van der Waals surface area contributed by atoms with Crippen molar-refractivity contribution in [1.29, 1.82) is 0 Å². The molecule has 0 saturated carbocycles. The summed E-state index contributed by atoms with van der Waals surface area (Å²) in [6.07, 6.45) is 0.507. The lowest BCUT2D eigenvalue weighted by atomic mass is 9.93. The number of hydrogen-bond donors (Lipinski definition) is 2. The molecule has 35 heavy (non-hydrogen) atoms. The maximum atomic E-state index is 14.2. The molecule has 0 atom stereocenters. The predicted molar refractivity (Wildman–Crippen MR) is 126 cm³/mol. The van der Waals surface area contributed by atoms with Crippen molar-refractivity contribution in [3.63, 3.8) is 0 Å². The van der Waals surface area contributed by atoms with Gasteiger partial charge in [-0.15, -0.1) is 0 Å². The maximum absolute atomic E-state index is 14.2. The van der Waals surface area contributed by atoms with E-state index in [0.29, 0.717) is 41.0 Å². The Hall–Kier alpha value is -4.34. The Morgan fingerprint density at radius 2 is 1.97 bits per heavy atom. The number of pyridine rings is 1. The van der Waals surface area contributed by atoms with E-state index in [2.05, 4.69) is 10.1 Å². The van der Waals surface area contributed by atoms with E-state index >= 15 is 0 Å². The van der Waals surface area contributed by atoms with E-state index in [-0.39, 0.29) is 11.3 Å². The van der Waals surface area contributed by atoms with Gasteiger partial charge in [-0.2, -0.15) is 5.10 Å². The molecule has 178 valence electrons. The largest absolute Gasteiger partial charge is 0.465 e. The second kappa shape index (κ2) is 8.79. The zero-order valence-electron chi connectivity index (χ0n) is 18.7. The first-order valence-corrected chi connectivity index (χ1v) is 11.0. The van der Waals surface area contributed by atoms with Crippen LogP contribution in [0.25, 0.3) is 21.9 Å². The first kappa shape index (κ1) is 22.5. The average molecular weight is 477 g/mol. The molecule has 5 rings (SSSR count). The second-order valence-corrected chi connectivity index (χ2v) is 8.34. The van der Waals surface area contributed by atoms with Gasteiger partial charge in [0.1, 0.15) is 11.5 Å². The van der Waals surface area contributed by atoms with Crippen molar-refractivity contribution in [2.45, 2.75) is 19.3 Å². The zero-order valence-corrected chi connectivity index (χ0v) is 18.7. The van der Waals surface area contributed by atoms with E-state index < -0.39 is 18.4 Å². The van der Waals surface area contributed by atoms with Crippen LogP contribution in [0.15, 0.2) is 54.9 Å². The smallest absolute Gasteiger partial charge is 0.411 e. The molecule has 0 spiro atoms. The quantitative estimate of drug-likeness (QED) is 0.426. The first-order valence-electron chi connectivity index (χ1n) is 11.0. The van der Waals surface area contributed by atoms with Gasteiger partial charge in [0, 0.05) is 42.0 Å². The third kappa shape index (κ3) is 4.18. The highest BCUT2D eigenvalue weighted by Gasteiger charge is 2.27. The Bertz CT molecular complexity index is 1470. The highest BCUT2D eigenvalue weighted by Crippen LogP contribution is 2.42. The fourth-order valence-electron chi connectivity index (χ4n) is 4.52. The lowest BCUT2D eigenvalue weighted by Gasteiger charge is -2.32. The van der Waals surface area contributed by atoms with Gasteiger partial charge in [0.2, 0.25) is 0 Å². The first-order chi connectivity index (χ1) is 16.8. The number of alkyl halides is 2. The molecule has 10 heteroatoms. The molecule has 3 heterocycles. The number of aryl methyl sites for hydroxylation is 2. The lowest BCUT2D eigenvalue weighted by molar-refractivity contribution is 0.0943. The molecule has 2 aromatic heterocycles. The van der Waals surface area contributed by atoms with Gasteiger partial charge < -0.3 is 10.0 Å². The van der Waals surface area contributed by atoms with Crippen molar-refractivity contribution in [3.05, 3.63) is 71.7 Å². The number of anilines is 2. The number of nitrogens with one attached hydrogen (secondary N) is 1. The topological polar surface area (TPSA) is 100 Å². The summed E-state index contributed by atoms with van der Waals surface area (Å²) in [6.45, 7) is 0.503. The molecule has 8 nitrogen and oxygen atoms in total. The summed E-state index contributed by atoms with van der Waals surface area (Å²) in [5.74, 6) is -0.448. The normalized spacial score (nSPS) is 13.2. The monoisotopic (exact) mass is 477 g/mol. The third-order valence-electron chi connectivity index (χ3n) is 6.05. The number of aromatic nitrogens is 3. The highest BCUT2D eigenvalue weighted by molar-refractivity contribution is 6.05. The van der Waals surface area contributed by atoms with Crippen LogP contribution in [-0.2, 0) is 13.5 Å². The molecule has 2 aromatic carbocycles. The van der Waals surface area contributed by atoms with E-state index in [4.69, 9.17) is 5.11 Å². The van der Waals surface area contributed by atoms with Crippen LogP contribution in [0, 0.1) is 0 Å². The van der Waals surface area contributed by atoms with Gasteiger partial charge in [-0.05, 0) is 47.6 Å². The third-order valence-corrected chi connectivity index (χ3v) is 6.05. The number of carbonyl (C=O) groups excluding carboxylic acids is 1. The minimum atomic E-state index is -2.71.